The molecule has 7 nitrogen and oxygen atoms in total. The minimum absolute atomic E-state index is 0.0385. The van der Waals surface area contributed by atoms with Crippen LogP contribution in [0, 0.1) is 13.8 Å². The zero-order valence-electron chi connectivity index (χ0n) is 17.0. The molecule has 2 fully saturated rings. The highest BCUT2D eigenvalue weighted by atomic mass is 16.5. The number of ether oxygens (including phenoxy) is 1. The smallest absolute Gasteiger partial charge is 0.245 e. The van der Waals surface area contributed by atoms with Gasteiger partial charge in [-0.1, -0.05) is 18.2 Å². The van der Waals surface area contributed by atoms with Crippen molar-refractivity contribution in [1.29, 1.82) is 0 Å². The molecule has 1 aromatic heterocycles. The van der Waals surface area contributed by atoms with E-state index in [0.29, 0.717) is 56.6 Å². The molecule has 2 aliphatic heterocycles. The van der Waals surface area contributed by atoms with Crippen molar-refractivity contribution >= 4 is 11.8 Å². The van der Waals surface area contributed by atoms with Crippen molar-refractivity contribution in [3.63, 3.8) is 0 Å². The number of carbonyl (C=O) groups excluding carboxylic acids is 2. The van der Waals surface area contributed by atoms with Gasteiger partial charge in [0.1, 0.15) is 11.8 Å². The second kappa shape index (κ2) is 8.37. The average molecular weight is 397 g/mol. The summed E-state index contributed by atoms with van der Waals surface area (Å²) < 4.78 is 11.2. The van der Waals surface area contributed by atoms with Gasteiger partial charge in [-0.25, -0.2) is 4.98 Å². The van der Waals surface area contributed by atoms with Crippen LogP contribution in [0.1, 0.15) is 29.9 Å². The third kappa shape index (κ3) is 4.05. The molecule has 2 aliphatic rings. The van der Waals surface area contributed by atoms with Crippen LogP contribution in [0.25, 0.3) is 11.5 Å². The molecule has 4 rings (SSSR count). The topological polar surface area (TPSA) is 75.9 Å². The van der Waals surface area contributed by atoms with E-state index in [4.69, 9.17) is 9.15 Å². The number of aryl methyl sites for hydroxylation is 2. The Morgan fingerprint density at radius 2 is 1.90 bits per heavy atom. The Labute approximate surface area is 170 Å². The maximum absolute atomic E-state index is 13.0. The number of aromatic nitrogens is 1. The molecule has 2 amide bonds. The van der Waals surface area contributed by atoms with Crippen molar-refractivity contribution in [3.05, 3.63) is 41.3 Å². The Kier molecular flexibility index (Phi) is 5.67. The number of hydrogen-bond donors (Lipinski definition) is 0. The first-order chi connectivity index (χ1) is 14.0. The van der Waals surface area contributed by atoms with Crippen molar-refractivity contribution in [2.45, 2.75) is 39.2 Å². The molecular formula is C22H27N3O4. The second-order valence-corrected chi connectivity index (χ2v) is 7.70. The largest absolute Gasteiger partial charge is 0.441 e. The van der Waals surface area contributed by atoms with Gasteiger partial charge < -0.3 is 19.0 Å². The Morgan fingerprint density at radius 3 is 2.66 bits per heavy atom. The summed E-state index contributed by atoms with van der Waals surface area (Å²) in [7, 11) is 0. The number of benzene rings is 1. The monoisotopic (exact) mass is 397 g/mol. The number of nitrogens with zero attached hydrogens (tertiary/aromatic N) is 3. The van der Waals surface area contributed by atoms with Crippen LogP contribution < -0.4 is 0 Å². The van der Waals surface area contributed by atoms with Gasteiger partial charge >= 0.3 is 0 Å². The van der Waals surface area contributed by atoms with Crippen LogP contribution in [-0.2, 0) is 20.7 Å². The molecule has 1 atom stereocenters. The molecule has 1 unspecified atom stereocenters. The van der Waals surface area contributed by atoms with E-state index in [0.717, 1.165) is 17.5 Å². The van der Waals surface area contributed by atoms with Crippen molar-refractivity contribution in [2.75, 3.05) is 32.8 Å². The lowest BCUT2D eigenvalue weighted by atomic mass is 10.1. The number of rotatable bonds is 4. The zero-order valence-corrected chi connectivity index (χ0v) is 17.0. The zero-order chi connectivity index (χ0) is 20.4. The third-order valence-electron chi connectivity index (χ3n) is 5.77. The molecule has 0 saturated carbocycles. The van der Waals surface area contributed by atoms with Crippen molar-refractivity contribution in [1.82, 2.24) is 14.8 Å². The lowest BCUT2D eigenvalue weighted by Gasteiger charge is -2.32. The fourth-order valence-corrected chi connectivity index (χ4v) is 4.08. The number of carbonyl (C=O) groups is 2. The number of oxazole rings is 1. The summed E-state index contributed by atoms with van der Waals surface area (Å²) >= 11 is 0. The Hall–Kier alpha value is -2.67. The molecule has 1 aromatic carbocycles. The molecule has 2 aromatic rings. The second-order valence-electron chi connectivity index (χ2n) is 7.70. The van der Waals surface area contributed by atoms with E-state index in [2.05, 4.69) is 4.98 Å². The summed E-state index contributed by atoms with van der Waals surface area (Å²) in [6.07, 6.45) is 1.71. The number of amides is 2. The van der Waals surface area contributed by atoms with Gasteiger partial charge in [0.15, 0.2) is 0 Å². The van der Waals surface area contributed by atoms with Crippen LogP contribution in [-0.4, -0.2) is 65.5 Å². The maximum atomic E-state index is 13.0. The van der Waals surface area contributed by atoms with Crippen LogP contribution >= 0.6 is 0 Å². The summed E-state index contributed by atoms with van der Waals surface area (Å²) in [5, 5.41) is 0. The van der Waals surface area contributed by atoms with Crippen LogP contribution in [0.5, 0.6) is 0 Å². The van der Waals surface area contributed by atoms with E-state index in [1.165, 1.54) is 0 Å². The summed E-state index contributed by atoms with van der Waals surface area (Å²) in [5.74, 6) is 1.15. The van der Waals surface area contributed by atoms with Gasteiger partial charge in [0, 0.05) is 25.2 Å². The molecule has 3 heterocycles. The average Bonchev–Trinajstić information content (AvgIpc) is 3.36. The quantitative estimate of drug-likeness (QED) is 0.792. The van der Waals surface area contributed by atoms with E-state index in [-0.39, 0.29) is 24.3 Å². The lowest BCUT2D eigenvalue weighted by molar-refractivity contribution is -0.146. The number of likely N-dealkylation sites (tertiary alicyclic amines) is 1. The first-order valence-electron chi connectivity index (χ1n) is 10.2. The van der Waals surface area contributed by atoms with Crippen LogP contribution in [0.15, 0.2) is 28.7 Å². The van der Waals surface area contributed by atoms with E-state index in [1.807, 2.05) is 43.0 Å². The summed E-state index contributed by atoms with van der Waals surface area (Å²) in [6.45, 7) is 6.77. The van der Waals surface area contributed by atoms with Crippen molar-refractivity contribution in [2.24, 2.45) is 0 Å². The first-order valence-corrected chi connectivity index (χ1v) is 10.2. The van der Waals surface area contributed by atoms with Gasteiger partial charge in [0.05, 0.1) is 25.3 Å². The minimum atomic E-state index is -0.372. The fourth-order valence-electron chi connectivity index (χ4n) is 4.08. The molecule has 0 bridgehead atoms. The third-order valence-corrected chi connectivity index (χ3v) is 5.77. The van der Waals surface area contributed by atoms with E-state index >= 15 is 0 Å². The van der Waals surface area contributed by atoms with Gasteiger partial charge in [-0.2, -0.15) is 0 Å². The Balaban J connectivity index is 1.47. The number of hydrogen-bond acceptors (Lipinski definition) is 5. The Bertz CT molecular complexity index is 901. The summed E-state index contributed by atoms with van der Waals surface area (Å²) in [5.41, 5.74) is 2.64. The van der Waals surface area contributed by atoms with Gasteiger partial charge in [-0.3, -0.25) is 9.59 Å². The van der Waals surface area contributed by atoms with Crippen molar-refractivity contribution in [3.8, 4) is 11.5 Å². The van der Waals surface area contributed by atoms with E-state index in [9.17, 15) is 9.59 Å². The molecule has 154 valence electrons. The van der Waals surface area contributed by atoms with Gasteiger partial charge in [-0.05, 0) is 38.3 Å². The summed E-state index contributed by atoms with van der Waals surface area (Å²) in [6, 6.07) is 7.51. The predicted molar refractivity (Wildman–Crippen MR) is 107 cm³/mol. The predicted octanol–water partition coefficient (Wildman–Crippen LogP) is 2.35. The summed E-state index contributed by atoms with van der Waals surface area (Å²) in [4.78, 5) is 34.1. The first kappa shape index (κ1) is 19.6. The number of morpholine rings is 1. The highest BCUT2D eigenvalue weighted by Gasteiger charge is 2.37. The molecule has 0 N–H and O–H groups in total. The van der Waals surface area contributed by atoms with Crippen molar-refractivity contribution < 1.29 is 18.7 Å². The van der Waals surface area contributed by atoms with Gasteiger partial charge in [0.2, 0.25) is 17.7 Å². The molecule has 0 radical (unpaired) electrons. The van der Waals surface area contributed by atoms with Crippen LogP contribution in [0.4, 0.5) is 0 Å². The Morgan fingerprint density at radius 1 is 1.14 bits per heavy atom. The lowest BCUT2D eigenvalue weighted by Crippen LogP contribution is -2.51. The highest BCUT2D eigenvalue weighted by molar-refractivity contribution is 5.89. The SMILES string of the molecule is Cc1ccccc1-c1nc(CC(=O)N2CCCC2C(=O)N2CCOCC2)c(C)o1. The molecule has 2 saturated heterocycles. The van der Waals surface area contributed by atoms with E-state index < -0.39 is 0 Å². The van der Waals surface area contributed by atoms with Crippen LogP contribution in [0.2, 0.25) is 0 Å². The van der Waals surface area contributed by atoms with Crippen LogP contribution in [0.3, 0.4) is 0 Å². The molecule has 29 heavy (non-hydrogen) atoms. The maximum Gasteiger partial charge on any atom is 0.245 e. The molecule has 7 heteroatoms. The minimum Gasteiger partial charge on any atom is -0.441 e. The van der Waals surface area contributed by atoms with Gasteiger partial charge in [0.25, 0.3) is 0 Å². The molecule has 0 aliphatic carbocycles. The molecular weight excluding hydrogens is 370 g/mol. The van der Waals surface area contributed by atoms with E-state index in [1.54, 1.807) is 4.90 Å². The molecule has 0 spiro atoms. The van der Waals surface area contributed by atoms with Gasteiger partial charge in [-0.15, -0.1) is 0 Å². The standard InChI is InChI=1S/C22H27N3O4/c1-15-6-3-4-7-17(15)21-23-18(16(2)29-21)14-20(26)25-9-5-8-19(25)22(27)24-10-12-28-13-11-24/h3-4,6-7,19H,5,8-14H2,1-2H3. The fraction of sp³-hybridized carbons (Fsp3) is 0.500. The highest BCUT2D eigenvalue weighted by Crippen LogP contribution is 2.26. The normalized spacial score (nSPS) is 19.6.